The molecule has 0 radical (unpaired) electrons. The summed E-state index contributed by atoms with van der Waals surface area (Å²) in [6, 6.07) is 11.6. The summed E-state index contributed by atoms with van der Waals surface area (Å²) in [6.45, 7) is 8.36. The molecule has 0 aliphatic rings. The van der Waals surface area contributed by atoms with Crippen molar-refractivity contribution in [2.24, 2.45) is 7.05 Å². The molecule has 1 aromatic carbocycles. The summed E-state index contributed by atoms with van der Waals surface area (Å²) >= 11 is 0. The molecule has 0 aliphatic heterocycles. The molecule has 2 aromatic rings. The molecule has 2 rings (SSSR count). The molecule has 0 amide bonds. The predicted molar refractivity (Wildman–Crippen MR) is 108 cm³/mol. The van der Waals surface area contributed by atoms with Gasteiger partial charge in [0.15, 0.2) is 12.4 Å². The zero-order chi connectivity index (χ0) is 21.8. The maximum atomic E-state index is 12.5. The lowest BCUT2D eigenvalue weighted by Crippen LogP contribution is -2.19. The largest absolute Gasteiger partial charge is 0.451 e. The number of rotatable bonds is 6. The van der Waals surface area contributed by atoms with Crippen LogP contribution in [0.1, 0.15) is 50.2 Å². The van der Waals surface area contributed by atoms with Crippen molar-refractivity contribution < 1.29 is 18.7 Å². The van der Waals surface area contributed by atoms with E-state index >= 15 is 0 Å². The molecule has 7 heteroatoms. The maximum Gasteiger partial charge on any atom is 0.340 e. The summed E-state index contributed by atoms with van der Waals surface area (Å²) in [5.41, 5.74) is 3.29. The van der Waals surface area contributed by atoms with Gasteiger partial charge in [-0.15, -0.1) is 0 Å². The van der Waals surface area contributed by atoms with Crippen molar-refractivity contribution in [3.05, 3.63) is 52.8 Å². The second-order valence-corrected chi connectivity index (χ2v) is 7.75. The Balaban J connectivity index is 2.56. The Hall–Kier alpha value is -3.14. The topological polar surface area (TPSA) is 77.1 Å². The first kappa shape index (κ1) is 22.2. The monoisotopic (exact) mass is 399 g/mol. The van der Waals surface area contributed by atoms with E-state index in [1.165, 1.54) is 6.92 Å². The third kappa shape index (κ3) is 5.44. The fourth-order valence-corrected chi connectivity index (χ4v) is 2.86. The highest BCUT2D eigenvalue weighted by molar-refractivity contribution is 5.94. The van der Waals surface area contributed by atoms with Gasteiger partial charge in [-0.25, -0.2) is 9.18 Å². The molecule has 0 fully saturated rings. The molecule has 154 valence electrons. The van der Waals surface area contributed by atoms with Gasteiger partial charge >= 0.3 is 5.97 Å². The van der Waals surface area contributed by atoms with E-state index in [-0.39, 0.29) is 16.7 Å². The van der Waals surface area contributed by atoms with Gasteiger partial charge in [-0.05, 0) is 29.5 Å². The smallest absolute Gasteiger partial charge is 0.340 e. The number of benzene rings is 1. The average Bonchev–Trinajstić information content (AvgIpc) is 2.99. The second kappa shape index (κ2) is 8.91. The van der Waals surface area contributed by atoms with E-state index in [0.29, 0.717) is 11.3 Å². The normalized spacial score (nSPS) is 13.3. The van der Waals surface area contributed by atoms with Crippen molar-refractivity contribution in [1.29, 1.82) is 5.26 Å². The second-order valence-electron chi connectivity index (χ2n) is 7.75. The summed E-state index contributed by atoms with van der Waals surface area (Å²) in [7, 11) is 1.72. The van der Waals surface area contributed by atoms with Gasteiger partial charge in [0.2, 0.25) is 6.29 Å². The minimum absolute atomic E-state index is 0.0252. The Morgan fingerprint density at radius 3 is 2.34 bits per heavy atom. The fourth-order valence-electron chi connectivity index (χ4n) is 2.86. The number of ether oxygens (including phenoxy) is 2. The lowest BCUT2D eigenvalue weighted by Gasteiger charge is -2.20. The van der Waals surface area contributed by atoms with Crippen LogP contribution in [0, 0.1) is 18.3 Å². The van der Waals surface area contributed by atoms with Crippen molar-refractivity contribution in [1.82, 2.24) is 9.78 Å². The molecule has 0 bridgehead atoms. The van der Waals surface area contributed by atoms with Gasteiger partial charge in [0.1, 0.15) is 17.3 Å². The minimum atomic E-state index is -1.25. The van der Waals surface area contributed by atoms with Gasteiger partial charge in [0.05, 0.1) is 5.69 Å². The zero-order valence-electron chi connectivity index (χ0n) is 17.6. The number of hydrogen-bond acceptors (Lipinski definition) is 5. The molecular weight excluding hydrogens is 373 g/mol. The summed E-state index contributed by atoms with van der Waals surface area (Å²) in [5.74, 6) is -0.829. The number of hydrogen-bond donors (Lipinski definition) is 0. The van der Waals surface area contributed by atoms with Crippen LogP contribution in [0.4, 0.5) is 4.39 Å². The molecule has 1 atom stereocenters. The van der Waals surface area contributed by atoms with Crippen LogP contribution >= 0.6 is 0 Å². The Morgan fingerprint density at radius 1 is 1.28 bits per heavy atom. The maximum absolute atomic E-state index is 12.5. The van der Waals surface area contributed by atoms with Crippen molar-refractivity contribution in [3.8, 4) is 6.07 Å². The molecule has 29 heavy (non-hydrogen) atoms. The van der Waals surface area contributed by atoms with Gasteiger partial charge in [0, 0.05) is 14.0 Å². The number of carbonyl (C=O) groups is 1. The van der Waals surface area contributed by atoms with E-state index in [1.807, 2.05) is 31.2 Å². The molecule has 0 saturated heterocycles. The molecule has 6 nitrogen and oxygen atoms in total. The molecule has 0 aliphatic carbocycles. The van der Waals surface area contributed by atoms with E-state index in [4.69, 9.17) is 9.47 Å². The van der Waals surface area contributed by atoms with Crippen molar-refractivity contribution in [2.45, 2.75) is 46.3 Å². The van der Waals surface area contributed by atoms with E-state index in [0.717, 1.165) is 11.3 Å². The minimum Gasteiger partial charge on any atom is -0.451 e. The highest BCUT2D eigenvalue weighted by atomic mass is 19.1. The van der Waals surface area contributed by atoms with Crippen molar-refractivity contribution >= 4 is 17.3 Å². The Labute approximate surface area is 170 Å². The lowest BCUT2D eigenvalue weighted by molar-refractivity contribution is -0.165. The highest BCUT2D eigenvalue weighted by Gasteiger charge is 2.22. The average molecular weight is 399 g/mol. The Kier molecular flexibility index (Phi) is 6.80. The third-order valence-electron chi connectivity index (χ3n) is 4.30. The van der Waals surface area contributed by atoms with Gasteiger partial charge in [-0.1, -0.05) is 45.0 Å². The molecule has 1 heterocycles. The third-order valence-corrected chi connectivity index (χ3v) is 4.30. The number of aromatic nitrogens is 2. The SMILES string of the molecule is Cc1cc(/C(OC(C)OC(=O)CF)=C(\C#N)c2ccc(C(C)(C)C)cc2)n(C)n1. The molecule has 1 aromatic heterocycles. The van der Waals surface area contributed by atoms with Gasteiger partial charge in [0.25, 0.3) is 0 Å². The molecule has 1 unspecified atom stereocenters. The van der Waals surface area contributed by atoms with Crippen LogP contribution in [0.15, 0.2) is 30.3 Å². The first-order valence-electron chi connectivity index (χ1n) is 9.25. The van der Waals surface area contributed by atoms with Crippen LogP contribution in [-0.4, -0.2) is 28.7 Å². The number of esters is 1. The van der Waals surface area contributed by atoms with E-state index in [9.17, 15) is 14.4 Å². The summed E-state index contributed by atoms with van der Waals surface area (Å²) in [6.07, 6.45) is -1.08. The number of carbonyl (C=O) groups excluding carboxylic acids is 1. The van der Waals surface area contributed by atoms with Crippen LogP contribution in [0.25, 0.3) is 11.3 Å². The van der Waals surface area contributed by atoms with Crippen molar-refractivity contribution in [2.75, 3.05) is 6.67 Å². The first-order valence-corrected chi connectivity index (χ1v) is 9.25. The Morgan fingerprint density at radius 2 is 1.90 bits per heavy atom. The molecule has 0 N–H and O–H groups in total. The lowest BCUT2D eigenvalue weighted by atomic mass is 9.86. The highest BCUT2D eigenvalue weighted by Crippen LogP contribution is 2.30. The predicted octanol–water partition coefficient (Wildman–Crippen LogP) is 4.29. The fraction of sp³-hybridized carbons (Fsp3) is 0.409. The van der Waals surface area contributed by atoms with Crippen LogP contribution < -0.4 is 0 Å². The number of halogens is 1. The summed E-state index contributed by atoms with van der Waals surface area (Å²) in [4.78, 5) is 11.3. The summed E-state index contributed by atoms with van der Waals surface area (Å²) < 4.78 is 24.7. The van der Waals surface area contributed by atoms with E-state index in [2.05, 4.69) is 31.9 Å². The molecular formula is C22H26FN3O3. The zero-order valence-corrected chi connectivity index (χ0v) is 17.6. The quantitative estimate of drug-likeness (QED) is 0.313. The van der Waals surface area contributed by atoms with Gasteiger partial charge in [-0.2, -0.15) is 10.4 Å². The number of allylic oxidation sites excluding steroid dienone is 1. The van der Waals surface area contributed by atoms with Crippen LogP contribution in [-0.2, 0) is 26.7 Å². The van der Waals surface area contributed by atoms with Gasteiger partial charge < -0.3 is 9.47 Å². The molecule has 0 saturated carbocycles. The van der Waals surface area contributed by atoms with Crippen LogP contribution in [0.3, 0.4) is 0 Å². The number of aryl methyl sites for hydroxylation is 2. The molecule has 0 spiro atoms. The first-order chi connectivity index (χ1) is 13.6. The van der Waals surface area contributed by atoms with E-state index < -0.39 is 18.9 Å². The summed E-state index contributed by atoms with van der Waals surface area (Å²) in [5, 5.41) is 14.2. The van der Waals surface area contributed by atoms with Crippen LogP contribution in [0.2, 0.25) is 0 Å². The number of nitriles is 1. The number of alkyl halides is 1. The van der Waals surface area contributed by atoms with Crippen LogP contribution in [0.5, 0.6) is 0 Å². The number of nitrogens with zero attached hydrogens (tertiary/aromatic N) is 3. The van der Waals surface area contributed by atoms with Gasteiger partial charge in [-0.3, -0.25) is 4.68 Å². The Bertz CT molecular complexity index is 947. The van der Waals surface area contributed by atoms with E-state index in [1.54, 1.807) is 17.8 Å². The van der Waals surface area contributed by atoms with Crippen molar-refractivity contribution in [3.63, 3.8) is 0 Å². The standard InChI is InChI=1S/C22H26FN3O3/c1-14-11-19(26(6)25-14)21(29-15(2)28-20(27)12-23)18(13-24)16-7-9-17(10-8-16)22(3,4)5/h7-11,15H,12H2,1-6H3/b21-18-.